The zero-order chi connectivity index (χ0) is 13.0. The number of likely N-dealkylation sites (N-methyl/N-ethyl adjacent to an activating group) is 1. The predicted molar refractivity (Wildman–Crippen MR) is 74.6 cm³/mol. The lowest BCUT2D eigenvalue weighted by Crippen LogP contribution is -2.44. The summed E-state index contributed by atoms with van der Waals surface area (Å²) >= 11 is 0. The molecule has 3 N–H and O–H groups in total. The maximum atomic E-state index is 5.77. The normalized spacial score (nSPS) is 23.1. The van der Waals surface area contributed by atoms with Crippen molar-refractivity contribution in [2.45, 2.75) is 45.3 Å². The third-order valence-electron chi connectivity index (χ3n) is 3.72. The molecule has 0 aromatic carbocycles. The molecule has 1 aromatic heterocycles. The number of nitrogens with two attached hydrogens (primary N) is 1. The average Bonchev–Trinajstić information content (AvgIpc) is 2.76. The Morgan fingerprint density at radius 1 is 1.44 bits per heavy atom. The molecule has 0 spiro atoms. The van der Waals surface area contributed by atoms with Crippen LogP contribution >= 0.6 is 0 Å². The topological polar surface area (TPSA) is 59.1 Å². The first kappa shape index (κ1) is 13.4. The van der Waals surface area contributed by atoms with Crippen LogP contribution in [0.25, 0.3) is 0 Å². The second-order valence-electron chi connectivity index (χ2n) is 5.09. The average molecular weight is 251 g/mol. The lowest BCUT2D eigenvalue weighted by atomic mass is 9.87. The summed E-state index contributed by atoms with van der Waals surface area (Å²) in [6, 6.07) is 0.931. The zero-order valence-electron chi connectivity index (χ0n) is 11.5. The Kier molecular flexibility index (Phi) is 4.60. The number of nitrogens with zero attached hydrogens (tertiary/aromatic N) is 3. The van der Waals surface area contributed by atoms with Gasteiger partial charge < -0.3 is 16.0 Å². The van der Waals surface area contributed by atoms with Gasteiger partial charge in [0.05, 0.1) is 18.4 Å². The third kappa shape index (κ3) is 3.46. The molecule has 18 heavy (non-hydrogen) atoms. The molecule has 2 rings (SSSR count). The summed E-state index contributed by atoms with van der Waals surface area (Å²) in [5.41, 5.74) is 6.89. The van der Waals surface area contributed by atoms with Gasteiger partial charge in [0.2, 0.25) is 0 Å². The van der Waals surface area contributed by atoms with E-state index in [1.54, 1.807) is 0 Å². The number of aromatic nitrogens is 2. The van der Waals surface area contributed by atoms with E-state index in [1.165, 1.54) is 0 Å². The predicted octanol–water partition coefficient (Wildman–Crippen LogP) is 1.13. The van der Waals surface area contributed by atoms with E-state index in [9.17, 15) is 0 Å². The van der Waals surface area contributed by atoms with E-state index in [-0.39, 0.29) is 0 Å². The summed E-state index contributed by atoms with van der Waals surface area (Å²) in [5.74, 6) is 0. The van der Waals surface area contributed by atoms with Crippen LogP contribution in [-0.4, -0.2) is 46.4 Å². The summed E-state index contributed by atoms with van der Waals surface area (Å²) in [6.07, 6.45) is 6.15. The van der Waals surface area contributed by atoms with Gasteiger partial charge >= 0.3 is 0 Å². The molecule has 1 aliphatic rings. The van der Waals surface area contributed by atoms with Gasteiger partial charge in [0, 0.05) is 24.8 Å². The number of hydrogen-bond donors (Lipinski definition) is 2. The molecule has 0 saturated heterocycles. The number of rotatable bonds is 7. The molecular weight excluding hydrogens is 226 g/mol. The van der Waals surface area contributed by atoms with Crippen LogP contribution < -0.4 is 11.1 Å². The summed E-state index contributed by atoms with van der Waals surface area (Å²) < 4.78 is 2.01. The van der Waals surface area contributed by atoms with E-state index in [2.05, 4.69) is 35.4 Å². The Bertz CT molecular complexity index is 352. The Morgan fingerprint density at radius 3 is 2.78 bits per heavy atom. The number of nitrogens with one attached hydrogen (secondary N) is 1. The standard InChI is InChI=1S/C13H25N5/c1-3-17(4-2)5-6-18-10-13(9-15-18)16-12-7-11(14)8-12/h9-12,16H,3-8,14H2,1-2H3. The highest BCUT2D eigenvalue weighted by molar-refractivity contribution is 5.40. The molecule has 1 aliphatic carbocycles. The molecule has 1 saturated carbocycles. The molecule has 1 heterocycles. The van der Waals surface area contributed by atoms with Crippen LogP contribution in [0.2, 0.25) is 0 Å². The lowest BCUT2D eigenvalue weighted by molar-refractivity contribution is 0.285. The Hall–Kier alpha value is -1.07. The van der Waals surface area contributed by atoms with Crippen molar-refractivity contribution < 1.29 is 0 Å². The van der Waals surface area contributed by atoms with Gasteiger partial charge in [0.15, 0.2) is 0 Å². The third-order valence-corrected chi connectivity index (χ3v) is 3.72. The van der Waals surface area contributed by atoms with Gasteiger partial charge in [-0.3, -0.25) is 4.68 Å². The summed E-state index contributed by atoms with van der Waals surface area (Å²) in [4.78, 5) is 2.40. The van der Waals surface area contributed by atoms with Gasteiger partial charge in [0.25, 0.3) is 0 Å². The van der Waals surface area contributed by atoms with E-state index >= 15 is 0 Å². The van der Waals surface area contributed by atoms with E-state index in [1.807, 2.05) is 10.9 Å². The molecule has 0 amide bonds. The summed E-state index contributed by atoms with van der Waals surface area (Å²) in [6.45, 7) is 8.60. The molecule has 102 valence electrons. The molecule has 0 atom stereocenters. The van der Waals surface area contributed by atoms with Crippen LogP contribution in [-0.2, 0) is 6.54 Å². The lowest BCUT2D eigenvalue weighted by Gasteiger charge is -2.33. The molecule has 0 radical (unpaired) electrons. The highest BCUT2D eigenvalue weighted by Gasteiger charge is 2.25. The van der Waals surface area contributed by atoms with Gasteiger partial charge in [-0.05, 0) is 25.9 Å². The fourth-order valence-corrected chi connectivity index (χ4v) is 2.36. The van der Waals surface area contributed by atoms with Crippen LogP contribution in [0.15, 0.2) is 12.4 Å². The second kappa shape index (κ2) is 6.20. The van der Waals surface area contributed by atoms with Crippen LogP contribution in [0.5, 0.6) is 0 Å². The molecule has 1 aromatic rings. The number of anilines is 1. The zero-order valence-corrected chi connectivity index (χ0v) is 11.5. The molecule has 5 nitrogen and oxygen atoms in total. The Labute approximate surface area is 109 Å². The van der Waals surface area contributed by atoms with Crippen LogP contribution in [0.1, 0.15) is 26.7 Å². The largest absolute Gasteiger partial charge is 0.380 e. The molecule has 0 unspecified atom stereocenters. The van der Waals surface area contributed by atoms with Crippen molar-refractivity contribution >= 4 is 5.69 Å². The Morgan fingerprint density at radius 2 is 2.17 bits per heavy atom. The van der Waals surface area contributed by atoms with Crippen LogP contribution in [0.3, 0.4) is 0 Å². The fourth-order valence-electron chi connectivity index (χ4n) is 2.36. The first-order valence-corrected chi connectivity index (χ1v) is 6.98. The van der Waals surface area contributed by atoms with Gasteiger partial charge in [0.1, 0.15) is 0 Å². The Balaban J connectivity index is 1.75. The minimum atomic E-state index is 0.389. The first-order chi connectivity index (χ1) is 8.71. The van der Waals surface area contributed by atoms with Crippen molar-refractivity contribution in [1.82, 2.24) is 14.7 Å². The second-order valence-corrected chi connectivity index (χ2v) is 5.09. The monoisotopic (exact) mass is 251 g/mol. The van der Waals surface area contributed by atoms with Gasteiger partial charge in [-0.1, -0.05) is 13.8 Å². The highest BCUT2D eigenvalue weighted by atomic mass is 15.3. The molecule has 0 bridgehead atoms. The van der Waals surface area contributed by atoms with E-state index in [4.69, 9.17) is 5.73 Å². The minimum Gasteiger partial charge on any atom is -0.380 e. The quantitative estimate of drug-likeness (QED) is 0.762. The van der Waals surface area contributed by atoms with E-state index in [0.29, 0.717) is 12.1 Å². The molecule has 1 fully saturated rings. The van der Waals surface area contributed by atoms with Crippen molar-refractivity contribution in [2.24, 2.45) is 5.73 Å². The van der Waals surface area contributed by atoms with Crippen LogP contribution in [0, 0.1) is 0 Å². The minimum absolute atomic E-state index is 0.389. The van der Waals surface area contributed by atoms with Gasteiger partial charge in [-0.15, -0.1) is 0 Å². The van der Waals surface area contributed by atoms with E-state index in [0.717, 1.165) is 44.7 Å². The molecular formula is C13H25N5. The maximum absolute atomic E-state index is 5.77. The smallest absolute Gasteiger partial charge is 0.0728 e. The van der Waals surface area contributed by atoms with Crippen LogP contribution in [0.4, 0.5) is 5.69 Å². The van der Waals surface area contributed by atoms with Crippen molar-refractivity contribution in [3.63, 3.8) is 0 Å². The van der Waals surface area contributed by atoms with Crippen molar-refractivity contribution in [2.75, 3.05) is 25.0 Å². The van der Waals surface area contributed by atoms with E-state index < -0.39 is 0 Å². The van der Waals surface area contributed by atoms with Gasteiger partial charge in [-0.2, -0.15) is 5.10 Å². The fraction of sp³-hybridized carbons (Fsp3) is 0.769. The summed E-state index contributed by atoms with van der Waals surface area (Å²) in [7, 11) is 0. The highest BCUT2D eigenvalue weighted by Crippen LogP contribution is 2.22. The molecule has 5 heteroatoms. The first-order valence-electron chi connectivity index (χ1n) is 6.98. The maximum Gasteiger partial charge on any atom is 0.0728 e. The summed E-state index contributed by atoms with van der Waals surface area (Å²) in [5, 5.41) is 7.85. The van der Waals surface area contributed by atoms with Crippen molar-refractivity contribution in [1.29, 1.82) is 0 Å². The SMILES string of the molecule is CCN(CC)CCn1cc(NC2CC(N)C2)cn1. The molecule has 0 aliphatic heterocycles. The van der Waals surface area contributed by atoms with Crippen molar-refractivity contribution in [3.8, 4) is 0 Å². The van der Waals surface area contributed by atoms with Crippen molar-refractivity contribution in [3.05, 3.63) is 12.4 Å². The number of hydrogen-bond acceptors (Lipinski definition) is 4. The van der Waals surface area contributed by atoms with Gasteiger partial charge in [-0.25, -0.2) is 0 Å².